The first-order chi connectivity index (χ1) is 8.66. The van der Waals surface area contributed by atoms with Crippen LogP contribution in [-0.2, 0) is 4.79 Å². The highest BCUT2D eigenvalue weighted by molar-refractivity contribution is 5.92. The summed E-state index contributed by atoms with van der Waals surface area (Å²) in [6.07, 6.45) is 0.271. The Morgan fingerprint density at radius 3 is 2.33 bits per heavy atom. The molecule has 1 aliphatic rings. The number of likely N-dealkylation sites (tertiary alicyclic amines) is 1. The predicted octanol–water partition coefficient (Wildman–Crippen LogP) is 2.02. The molecule has 1 aliphatic heterocycles. The third kappa shape index (κ3) is 3.00. The highest BCUT2D eigenvalue weighted by atomic mass is 16.4. The first-order valence-corrected chi connectivity index (χ1v) is 6.00. The van der Waals surface area contributed by atoms with Crippen LogP contribution in [0.5, 0.6) is 0 Å². The number of amides is 2. The van der Waals surface area contributed by atoms with Gasteiger partial charge in [0.15, 0.2) is 0 Å². The van der Waals surface area contributed by atoms with Gasteiger partial charge in [-0.15, -0.1) is 0 Å². The SMILES string of the molecule is O=C(Nc1ccccc1)C1CCN(C(=O)O)CC1. The Morgan fingerprint density at radius 2 is 1.78 bits per heavy atom. The zero-order valence-electron chi connectivity index (χ0n) is 10.0. The van der Waals surface area contributed by atoms with Crippen molar-refractivity contribution in [3.05, 3.63) is 30.3 Å². The quantitative estimate of drug-likeness (QED) is 0.841. The summed E-state index contributed by atoms with van der Waals surface area (Å²) in [6.45, 7) is 0.865. The minimum absolute atomic E-state index is 0.0220. The van der Waals surface area contributed by atoms with E-state index in [4.69, 9.17) is 5.11 Å². The van der Waals surface area contributed by atoms with Crippen molar-refractivity contribution in [2.45, 2.75) is 12.8 Å². The molecule has 1 aromatic rings. The van der Waals surface area contributed by atoms with Crippen molar-refractivity contribution in [3.8, 4) is 0 Å². The van der Waals surface area contributed by atoms with E-state index in [-0.39, 0.29) is 11.8 Å². The lowest BCUT2D eigenvalue weighted by Gasteiger charge is -2.29. The van der Waals surface area contributed by atoms with Crippen LogP contribution in [0.2, 0.25) is 0 Å². The summed E-state index contributed by atoms with van der Waals surface area (Å²) in [5.74, 6) is -0.118. The van der Waals surface area contributed by atoms with Crippen LogP contribution in [0.3, 0.4) is 0 Å². The number of rotatable bonds is 2. The molecule has 0 atom stereocenters. The molecule has 0 spiro atoms. The van der Waals surface area contributed by atoms with Gasteiger partial charge in [0.2, 0.25) is 5.91 Å². The molecular weight excluding hydrogens is 232 g/mol. The molecular formula is C13H16N2O3. The maximum atomic E-state index is 12.0. The summed E-state index contributed by atoms with van der Waals surface area (Å²) in [5, 5.41) is 11.7. The second-order valence-corrected chi connectivity index (χ2v) is 4.40. The number of nitrogens with one attached hydrogen (secondary N) is 1. The fourth-order valence-corrected chi connectivity index (χ4v) is 2.10. The van der Waals surface area contributed by atoms with Crippen molar-refractivity contribution in [3.63, 3.8) is 0 Å². The number of piperidine rings is 1. The molecule has 96 valence electrons. The molecule has 0 aromatic heterocycles. The zero-order valence-corrected chi connectivity index (χ0v) is 10.0. The van der Waals surface area contributed by atoms with Crippen molar-refractivity contribution in [2.75, 3.05) is 18.4 Å². The molecule has 5 heteroatoms. The van der Waals surface area contributed by atoms with Crippen LogP contribution < -0.4 is 5.32 Å². The van der Waals surface area contributed by atoms with Crippen molar-refractivity contribution in [2.24, 2.45) is 5.92 Å². The molecule has 1 fully saturated rings. The first kappa shape index (κ1) is 12.4. The van der Waals surface area contributed by atoms with E-state index in [1.54, 1.807) is 0 Å². The lowest BCUT2D eigenvalue weighted by atomic mass is 9.96. The van der Waals surface area contributed by atoms with Gasteiger partial charge in [0.05, 0.1) is 0 Å². The molecule has 2 rings (SSSR count). The minimum Gasteiger partial charge on any atom is -0.465 e. The lowest BCUT2D eigenvalue weighted by molar-refractivity contribution is -0.121. The highest BCUT2D eigenvalue weighted by Gasteiger charge is 2.26. The monoisotopic (exact) mass is 248 g/mol. The van der Waals surface area contributed by atoms with E-state index in [0.717, 1.165) is 5.69 Å². The van der Waals surface area contributed by atoms with E-state index in [0.29, 0.717) is 25.9 Å². The van der Waals surface area contributed by atoms with Crippen LogP contribution in [0.15, 0.2) is 30.3 Å². The number of anilines is 1. The van der Waals surface area contributed by atoms with Gasteiger partial charge >= 0.3 is 6.09 Å². The fraction of sp³-hybridized carbons (Fsp3) is 0.385. The topological polar surface area (TPSA) is 69.6 Å². The van der Waals surface area contributed by atoms with Gasteiger partial charge in [-0.25, -0.2) is 4.79 Å². The second-order valence-electron chi connectivity index (χ2n) is 4.40. The van der Waals surface area contributed by atoms with Gasteiger partial charge in [-0.3, -0.25) is 4.79 Å². The van der Waals surface area contributed by atoms with E-state index in [1.165, 1.54) is 4.90 Å². The molecule has 2 amide bonds. The number of hydrogen-bond donors (Lipinski definition) is 2. The van der Waals surface area contributed by atoms with Crippen LogP contribution in [0.4, 0.5) is 10.5 Å². The van der Waals surface area contributed by atoms with Gasteiger partial charge in [-0.2, -0.15) is 0 Å². The molecule has 2 N–H and O–H groups in total. The van der Waals surface area contributed by atoms with Crippen molar-refractivity contribution < 1.29 is 14.7 Å². The van der Waals surface area contributed by atoms with E-state index in [1.807, 2.05) is 30.3 Å². The third-order valence-corrected chi connectivity index (χ3v) is 3.18. The Labute approximate surface area is 105 Å². The molecule has 5 nitrogen and oxygen atoms in total. The molecule has 1 heterocycles. The summed E-state index contributed by atoms with van der Waals surface area (Å²) in [7, 11) is 0. The van der Waals surface area contributed by atoms with Gasteiger partial charge in [-0.1, -0.05) is 18.2 Å². The van der Waals surface area contributed by atoms with Gasteiger partial charge in [-0.05, 0) is 25.0 Å². The zero-order chi connectivity index (χ0) is 13.0. The summed E-state index contributed by atoms with van der Waals surface area (Å²) >= 11 is 0. The van der Waals surface area contributed by atoms with E-state index < -0.39 is 6.09 Å². The standard InChI is InChI=1S/C13H16N2O3/c16-12(14-11-4-2-1-3-5-11)10-6-8-15(9-7-10)13(17)18/h1-5,10H,6-9H2,(H,14,16)(H,17,18). The molecule has 18 heavy (non-hydrogen) atoms. The number of carboxylic acid groups (broad SMARTS) is 1. The normalized spacial score (nSPS) is 16.3. The highest BCUT2D eigenvalue weighted by Crippen LogP contribution is 2.19. The van der Waals surface area contributed by atoms with Crippen molar-refractivity contribution in [1.82, 2.24) is 4.90 Å². The number of carbonyl (C=O) groups excluding carboxylic acids is 1. The Bertz CT molecular complexity index is 425. The third-order valence-electron chi connectivity index (χ3n) is 3.18. The van der Waals surface area contributed by atoms with Crippen LogP contribution in [0, 0.1) is 5.92 Å². The van der Waals surface area contributed by atoms with Crippen LogP contribution in [0.25, 0.3) is 0 Å². The first-order valence-electron chi connectivity index (χ1n) is 6.00. The van der Waals surface area contributed by atoms with Crippen LogP contribution in [0.1, 0.15) is 12.8 Å². The van der Waals surface area contributed by atoms with E-state index in [9.17, 15) is 9.59 Å². The Hall–Kier alpha value is -2.04. The number of nitrogens with zero attached hydrogens (tertiary/aromatic N) is 1. The lowest BCUT2D eigenvalue weighted by Crippen LogP contribution is -2.40. The summed E-state index contributed by atoms with van der Waals surface area (Å²) in [4.78, 5) is 24.1. The average molecular weight is 248 g/mol. The maximum absolute atomic E-state index is 12.0. The second kappa shape index (κ2) is 5.53. The van der Waals surface area contributed by atoms with Gasteiger partial charge < -0.3 is 15.3 Å². The summed E-state index contributed by atoms with van der Waals surface area (Å²) < 4.78 is 0. The largest absolute Gasteiger partial charge is 0.465 e. The fourth-order valence-electron chi connectivity index (χ4n) is 2.10. The van der Waals surface area contributed by atoms with Crippen molar-refractivity contribution in [1.29, 1.82) is 0 Å². The Morgan fingerprint density at radius 1 is 1.17 bits per heavy atom. The average Bonchev–Trinajstić information content (AvgIpc) is 2.40. The van der Waals surface area contributed by atoms with Crippen LogP contribution >= 0.6 is 0 Å². The van der Waals surface area contributed by atoms with Crippen molar-refractivity contribution >= 4 is 17.7 Å². The minimum atomic E-state index is -0.906. The van der Waals surface area contributed by atoms with E-state index in [2.05, 4.69) is 5.32 Å². The Balaban J connectivity index is 1.86. The van der Waals surface area contributed by atoms with Crippen LogP contribution in [-0.4, -0.2) is 35.1 Å². The molecule has 0 radical (unpaired) electrons. The summed E-state index contributed by atoms with van der Waals surface area (Å²) in [5.41, 5.74) is 0.781. The molecule has 1 saturated heterocycles. The number of carbonyl (C=O) groups is 2. The van der Waals surface area contributed by atoms with E-state index >= 15 is 0 Å². The molecule has 1 aromatic carbocycles. The number of para-hydroxylation sites is 1. The van der Waals surface area contributed by atoms with Gasteiger partial charge in [0, 0.05) is 24.7 Å². The maximum Gasteiger partial charge on any atom is 0.407 e. The number of benzene rings is 1. The van der Waals surface area contributed by atoms with Gasteiger partial charge in [0.1, 0.15) is 0 Å². The molecule has 0 aliphatic carbocycles. The molecule has 0 unspecified atom stereocenters. The number of hydrogen-bond acceptors (Lipinski definition) is 2. The predicted molar refractivity (Wildman–Crippen MR) is 67.4 cm³/mol. The molecule has 0 saturated carbocycles. The summed E-state index contributed by atoms with van der Waals surface area (Å²) in [6, 6.07) is 9.29. The smallest absolute Gasteiger partial charge is 0.407 e. The molecule has 0 bridgehead atoms. The Kier molecular flexibility index (Phi) is 3.82. The van der Waals surface area contributed by atoms with Gasteiger partial charge in [0.25, 0.3) is 0 Å².